The molecule has 0 atom stereocenters. The van der Waals surface area contributed by atoms with E-state index in [1.54, 1.807) is 12.3 Å². The third-order valence-electron chi connectivity index (χ3n) is 2.62. The third-order valence-corrected chi connectivity index (χ3v) is 2.62. The Labute approximate surface area is 99.6 Å². The van der Waals surface area contributed by atoms with Crippen molar-refractivity contribution in [2.45, 2.75) is 6.54 Å². The zero-order valence-electron chi connectivity index (χ0n) is 9.63. The maximum absolute atomic E-state index is 11.6. The van der Waals surface area contributed by atoms with Gasteiger partial charge >= 0.3 is 0 Å². The fourth-order valence-corrected chi connectivity index (χ4v) is 1.80. The van der Waals surface area contributed by atoms with Crippen molar-refractivity contribution in [1.82, 2.24) is 4.57 Å². The minimum atomic E-state index is 0.0553. The quantitative estimate of drug-likeness (QED) is 0.782. The summed E-state index contributed by atoms with van der Waals surface area (Å²) in [6.07, 6.45) is 1.80. The van der Waals surface area contributed by atoms with E-state index >= 15 is 0 Å². The van der Waals surface area contributed by atoms with Gasteiger partial charge in [-0.25, -0.2) is 0 Å². The molecule has 0 unspecified atom stereocenters. The van der Waals surface area contributed by atoms with Crippen molar-refractivity contribution in [2.75, 3.05) is 19.8 Å². The van der Waals surface area contributed by atoms with E-state index in [0.29, 0.717) is 19.8 Å². The van der Waals surface area contributed by atoms with Gasteiger partial charge in [0.25, 0.3) is 0 Å². The van der Waals surface area contributed by atoms with Crippen LogP contribution < -0.4 is 11.2 Å². The summed E-state index contributed by atoms with van der Waals surface area (Å²) in [5.74, 6) is 0. The Bertz CT molecular complexity index is 548. The van der Waals surface area contributed by atoms with Gasteiger partial charge in [-0.05, 0) is 12.1 Å². The molecule has 0 bridgehead atoms. The number of nitrogens with two attached hydrogens (primary N) is 1. The number of pyridine rings is 1. The van der Waals surface area contributed by atoms with E-state index in [1.807, 2.05) is 28.8 Å². The van der Waals surface area contributed by atoms with E-state index in [-0.39, 0.29) is 5.43 Å². The molecule has 4 nitrogen and oxygen atoms in total. The highest BCUT2D eigenvalue weighted by Gasteiger charge is 2.01. The number of ether oxygens (including phenoxy) is 1. The molecule has 0 saturated heterocycles. The van der Waals surface area contributed by atoms with E-state index in [9.17, 15) is 4.79 Å². The molecular formula is C13H16N2O2. The number of benzene rings is 1. The van der Waals surface area contributed by atoms with E-state index in [4.69, 9.17) is 10.5 Å². The van der Waals surface area contributed by atoms with Crippen molar-refractivity contribution in [3.63, 3.8) is 0 Å². The number of nitrogens with zero attached hydrogens (tertiary/aromatic N) is 1. The Morgan fingerprint density at radius 3 is 2.82 bits per heavy atom. The number of para-hydroxylation sites is 1. The normalized spacial score (nSPS) is 10.9. The smallest absolute Gasteiger partial charge is 0.189 e. The van der Waals surface area contributed by atoms with Gasteiger partial charge in [0.15, 0.2) is 5.43 Å². The number of hydrogen-bond donors (Lipinski definition) is 1. The van der Waals surface area contributed by atoms with Crippen LogP contribution in [0.25, 0.3) is 10.9 Å². The summed E-state index contributed by atoms with van der Waals surface area (Å²) in [4.78, 5) is 11.6. The molecule has 1 aromatic carbocycles. The van der Waals surface area contributed by atoms with Gasteiger partial charge in [0.2, 0.25) is 0 Å². The molecule has 2 aromatic rings. The Kier molecular flexibility index (Phi) is 3.90. The maximum Gasteiger partial charge on any atom is 0.189 e. The molecule has 1 aromatic heterocycles. The van der Waals surface area contributed by atoms with Gasteiger partial charge in [0, 0.05) is 30.7 Å². The molecule has 0 aliphatic carbocycles. The topological polar surface area (TPSA) is 57.2 Å². The molecule has 2 rings (SSSR count). The molecular weight excluding hydrogens is 216 g/mol. The zero-order chi connectivity index (χ0) is 12.1. The van der Waals surface area contributed by atoms with Gasteiger partial charge in [-0.3, -0.25) is 4.79 Å². The molecule has 4 heteroatoms. The molecule has 0 fully saturated rings. The predicted molar refractivity (Wildman–Crippen MR) is 68.1 cm³/mol. The maximum atomic E-state index is 11.6. The lowest BCUT2D eigenvalue weighted by Gasteiger charge is -2.10. The molecule has 0 spiro atoms. The lowest BCUT2D eigenvalue weighted by atomic mass is 10.2. The first-order valence-electron chi connectivity index (χ1n) is 5.69. The van der Waals surface area contributed by atoms with Crippen molar-refractivity contribution in [2.24, 2.45) is 5.73 Å². The molecule has 0 saturated carbocycles. The number of fused-ring (bicyclic) bond motifs is 1. The van der Waals surface area contributed by atoms with Crippen LogP contribution in [0.3, 0.4) is 0 Å². The summed E-state index contributed by atoms with van der Waals surface area (Å²) in [5, 5.41) is 0.744. The van der Waals surface area contributed by atoms with Gasteiger partial charge in [0.1, 0.15) is 0 Å². The van der Waals surface area contributed by atoms with Crippen LogP contribution in [-0.2, 0) is 11.3 Å². The highest BCUT2D eigenvalue weighted by molar-refractivity contribution is 5.78. The first kappa shape index (κ1) is 11.8. The molecule has 2 N–H and O–H groups in total. The lowest BCUT2D eigenvalue weighted by Crippen LogP contribution is -2.14. The minimum absolute atomic E-state index is 0.0553. The largest absolute Gasteiger partial charge is 0.378 e. The Morgan fingerprint density at radius 2 is 2.00 bits per heavy atom. The van der Waals surface area contributed by atoms with Crippen LogP contribution in [0.15, 0.2) is 41.3 Å². The summed E-state index contributed by atoms with van der Waals surface area (Å²) in [6.45, 7) is 2.42. The zero-order valence-corrected chi connectivity index (χ0v) is 9.63. The van der Waals surface area contributed by atoms with Crippen LogP contribution in [0.4, 0.5) is 0 Å². The fraction of sp³-hybridized carbons (Fsp3) is 0.308. The number of aromatic nitrogens is 1. The highest BCUT2D eigenvalue weighted by atomic mass is 16.5. The SMILES string of the molecule is NCCOCCn1ccc(=O)c2ccccc21. The summed E-state index contributed by atoms with van der Waals surface area (Å²) in [7, 11) is 0. The Morgan fingerprint density at radius 1 is 1.18 bits per heavy atom. The number of hydrogen-bond acceptors (Lipinski definition) is 3. The monoisotopic (exact) mass is 232 g/mol. The fourth-order valence-electron chi connectivity index (χ4n) is 1.80. The van der Waals surface area contributed by atoms with Crippen molar-refractivity contribution >= 4 is 10.9 Å². The second-order valence-corrected chi connectivity index (χ2v) is 3.79. The van der Waals surface area contributed by atoms with Crippen molar-refractivity contribution in [1.29, 1.82) is 0 Å². The first-order valence-corrected chi connectivity index (χ1v) is 5.69. The molecule has 17 heavy (non-hydrogen) atoms. The molecule has 0 aliphatic rings. The van der Waals surface area contributed by atoms with Gasteiger partial charge in [0.05, 0.1) is 18.7 Å². The Balaban J connectivity index is 2.23. The molecule has 0 aliphatic heterocycles. The Hall–Kier alpha value is -1.65. The highest BCUT2D eigenvalue weighted by Crippen LogP contribution is 2.08. The lowest BCUT2D eigenvalue weighted by molar-refractivity contribution is 0.134. The standard InChI is InChI=1S/C13H16N2O2/c14-6-9-17-10-8-15-7-5-13(16)11-3-1-2-4-12(11)15/h1-5,7H,6,8-10,14H2. The number of rotatable bonds is 5. The second-order valence-electron chi connectivity index (χ2n) is 3.79. The molecule has 1 heterocycles. The summed E-state index contributed by atoms with van der Waals surface area (Å²) in [5.41, 5.74) is 6.34. The van der Waals surface area contributed by atoms with Gasteiger partial charge < -0.3 is 15.0 Å². The van der Waals surface area contributed by atoms with Crippen LogP contribution in [0, 0.1) is 0 Å². The average Bonchev–Trinajstić information content (AvgIpc) is 2.37. The van der Waals surface area contributed by atoms with E-state index in [2.05, 4.69) is 0 Å². The van der Waals surface area contributed by atoms with Crippen molar-refractivity contribution in [3.8, 4) is 0 Å². The predicted octanol–water partition coefficient (Wildman–Crippen LogP) is 0.977. The van der Waals surface area contributed by atoms with Crippen LogP contribution in [0.5, 0.6) is 0 Å². The summed E-state index contributed by atoms with van der Waals surface area (Å²) < 4.78 is 7.36. The summed E-state index contributed by atoms with van der Waals surface area (Å²) >= 11 is 0. The third kappa shape index (κ3) is 2.72. The second kappa shape index (κ2) is 5.61. The van der Waals surface area contributed by atoms with Gasteiger partial charge in [-0.15, -0.1) is 0 Å². The van der Waals surface area contributed by atoms with E-state index in [1.165, 1.54) is 0 Å². The molecule has 90 valence electrons. The summed E-state index contributed by atoms with van der Waals surface area (Å²) in [6, 6.07) is 9.18. The van der Waals surface area contributed by atoms with Gasteiger partial charge in [-0.1, -0.05) is 12.1 Å². The van der Waals surface area contributed by atoms with E-state index in [0.717, 1.165) is 17.4 Å². The van der Waals surface area contributed by atoms with Crippen LogP contribution in [0.2, 0.25) is 0 Å². The molecule has 0 amide bonds. The van der Waals surface area contributed by atoms with Crippen molar-refractivity contribution in [3.05, 3.63) is 46.8 Å². The van der Waals surface area contributed by atoms with Gasteiger partial charge in [-0.2, -0.15) is 0 Å². The first-order chi connectivity index (χ1) is 8.33. The minimum Gasteiger partial charge on any atom is -0.378 e. The molecule has 0 radical (unpaired) electrons. The van der Waals surface area contributed by atoms with E-state index < -0.39 is 0 Å². The van der Waals surface area contributed by atoms with Crippen molar-refractivity contribution < 1.29 is 4.74 Å². The van der Waals surface area contributed by atoms with Crippen LogP contribution in [0.1, 0.15) is 0 Å². The average molecular weight is 232 g/mol. The van der Waals surface area contributed by atoms with Crippen LogP contribution in [-0.4, -0.2) is 24.3 Å². The van der Waals surface area contributed by atoms with Crippen LogP contribution >= 0.6 is 0 Å².